The number of hydrogen-bond donors (Lipinski definition) is 2. The molecule has 28 heavy (non-hydrogen) atoms. The third kappa shape index (κ3) is 4.04. The third-order valence-corrected chi connectivity index (χ3v) is 5.23. The quantitative estimate of drug-likeness (QED) is 0.500. The van der Waals surface area contributed by atoms with Gasteiger partial charge in [-0.1, -0.05) is 24.3 Å². The summed E-state index contributed by atoms with van der Waals surface area (Å²) in [5.41, 5.74) is 4.57. The maximum atomic E-state index is 12.5. The predicted octanol–water partition coefficient (Wildman–Crippen LogP) is 3.88. The van der Waals surface area contributed by atoms with E-state index in [1.807, 2.05) is 43.5 Å². The van der Waals surface area contributed by atoms with Gasteiger partial charge in [-0.05, 0) is 43.2 Å². The minimum atomic E-state index is -0.114. The number of para-hydroxylation sites is 1. The van der Waals surface area contributed by atoms with Crippen LogP contribution in [0.1, 0.15) is 27.3 Å². The van der Waals surface area contributed by atoms with E-state index in [1.165, 1.54) is 22.7 Å². The Morgan fingerprint density at radius 1 is 1.18 bits per heavy atom. The van der Waals surface area contributed by atoms with Gasteiger partial charge in [-0.25, -0.2) is 0 Å². The van der Waals surface area contributed by atoms with Crippen molar-refractivity contribution in [1.29, 1.82) is 0 Å². The highest BCUT2D eigenvalue weighted by Crippen LogP contribution is 2.18. The van der Waals surface area contributed by atoms with E-state index >= 15 is 0 Å². The molecular formula is C21H20N4O2S. The van der Waals surface area contributed by atoms with Crippen LogP contribution in [-0.4, -0.2) is 26.2 Å². The molecule has 2 aromatic carbocycles. The minimum absolute atomic E-state index is 0.114. The Labute approximate surface area is 166 Å². The molecule has 0 unspecified atom stereocenters. The predicted molar refractivity (Wildman–Crippen MR) is 110 cm³/mol. The van der Waals surface area contributed by atoms with Crippen molar-refractivity contribution < 1.29 is 9.53 Å². The number of amides is 1. The van der Waals surface area contributed by atoms with E-state index in [4.69, 9.17) is 4.74 Å². The third-order valence-electron chi connectivity index (χ3n) is 4.57. The molecule has 0 atom stereocenters. The molecule has 6 nitrogen and oxygen atoms in total. The van der Waals surface area contributed by atoms with Crippen LogP contribution in [0.5, 0.6) is 5.75 Å². The number of ether oxygens (including phenoxy) is 1. The molecule has 0 saturated carbocycles. The molecule has 0 saturated heterocycles. The molecular weight excluding hydrogens is 372 g/mol. The van der Waals surface area contributed by atoms with E-state index in [2.05, 4.69) is 25.1 Å². The summed E-state index contributed by atoms with van der Waals surface area (Å²) in [4.78, 5) is 15.7. The topological polar surface area (TPSA) is 79.9 Å². The summed E-state index contributed by atoms with van der Waals surface area (Å²) in [7, 11) is 0. The number of fused-ring (bicyclic) bond motifs is 1. The summed E-state index contributed by atoms with van der Waals surface area (Å²) in [5, 5.41) is 4.17. The summed E-state index contributed by atoms with van der Waals surface area (Å²) in [6.07, 6.45) is 2.77. The number of carbonyl (C=O) groups is 1. The van der Waals surface area contributed by atoms with Crippen LogP contribution in [0.3, 0.4) is 0 Å². The van der Waals surface area contributed by atoms with Crippen LogP contribution < -0.4 is 10.1 Å². The highest BCUT2D eigenvalue weighted by molar-refractivity contribution is 6.99. The summed E-state index contributed by atoms with van der Waals surface area (Å²) < 4.78 is 14.1. The Hall–Kier alpha value is -3.19. The molecule has 142 valence electrons. The summed E-state index contributed by atoms with van der Waals surface area (Å²) in [5.74, 6) is 0.522. The van der Waals surface area contributed by atoms with E-state index in [0.29, 0.717) is 24.5 Å². The summed E-state index contributed by atoms with van der Waals surface area (Å²) in [6, 6.07) is 15.3. The number of aryl methyl sites for hydroxylation is 1. The van der Waals surface area contributed by atoms with Gasteiger partial charge in [0, 0.05) is 29.2 Å². The normalized spacial score (nSPS) is 10.9. The Balaban J connectivity index is 1.33. The fraction of sp³-hybridized carbons (Fsp3) is 0.190. The van der Waals surface area contributed by atoms with E-state index < -0.39 is 0 Å². The van der Waals surface area contributed by atoms with Gasteiger partial charge in [0.1, 0.15) is 18.1 Å². The van der Waals surface area contributed by atoms with E-state index in [-0.39, 0.29) is 5.91 Å². The molecule has 0 bridgehead atoms. The average Bonchev–Trinajstić information content (AvgIpc) is 3.33. The first-order valence-corrected chi connectivity index (χ1v) is 9.78. The van der Waals surface area contributed by atoms with Gasteiger partial charge in [-0.15, -0.1) is 0 Å². The van der Waals surface area contributed by atoms with Crippen molar-refractivity contribution in [2.24, 2.45) is 0 Å². The second-order valence-electron chi connectivity index (χ2n) is 6.48. The lowest BCUT2D eigenvalue weighted by molar-refractivity contribution is 0.0953. The van der Waals surface area contributed by atoms with Crippen molar-refractivity contribution in [2.75, 3.05) is 6.54 Å². The monoisotopic (exact) mass is 392 g/mol. The zero-order chi connectivity index (χ0) is 19.3. The largest absolute Gasteiger partial charge is 0.487 e. The molecule has 7 heteroatoms. The lowest BCUT2D eigenvalue weighted by atomic mass is 10.1. The molecule has 2 aromatic heterocycles. The highest BCUT2D eigenvalue weighted by atomic mass is 32.1. The molecule has 2 N–H and O–H groups in total. The van der Waals surface area contributed by atoms with Crippen LogP contribution in [-0.2, 0) is 13.0 Å². The number of carbonyl (C=O) groups excluding carboxylic acids is 1. The van der Waals surface area contributed by atoms with Crippen molar-refractivity contribution in [3.8, 4) is 5.75 Å². The van der Waals surface area contributed by atoms with Crippen LogP contribution in [0.2, 0.25) is 0 Å². The lowest BCUT2D eigenvalue weighted by Gasteiger charge is -2.08. The first-order valence-electron chi connectivity index (χ1n) is 9.05. The molecule has 4 rings (SSSR count). The number of rotatable bonds is 7. The van der Waals surface area contributed by atoms with Gasteiger partial charge in [0.05, 0.1) is 17.4 Å². The second kappa shape index (κ2) is 8.22. The molecule has 1 amide bonds. The van der Waals surface area contributed by atoms with Gasteiger partial charge in [0.2, 0.25) is 0 Å². The van der Waals surface area contributed by atoms with Crippen molar-refractivity contribution in [1.82, 2.24) is 19.0 Å². The maximum Gasteiger partial charge on any atom is 0.251 e. The Morgan fingerprint density at radius 2 is 2.07 bits per heavy atom. The van der Waals surface area contributed by atoms with Crippen LogP contribution in [0.25, 0.3) is 10.9 Å². The molecule has 0 fully saturated rings. The van der Waals surface area contributed by atoms with Gasteiger partial charge in [-0.3, -0.25) is 4.79 Å². The van der Waals surface area contributed by atoms with Gasteiger partial charge < -0.3 is 15.0 Å². The smallest absolute Gasteiger partial charge is 0.251 e. The molecule has 0 aliphatic carbocycles. The number of nitrogens with one attached hydrogen (secondary N) is 2. The number of H-pyrrole nitrogens is 1. The van der Waals surface area contributed by atoms with Crippen molar-refractivity contribution in [3.63, 3.8) is 0 Å². The van der Waals surface area contributed by atoms with E-state index in [1.54, 1.807) is 12.1 Å². The molecule has 0 aliphatic rings. The summed E-state index contributed by atoms with van der Waals surface area (Å²) in [6.45, 7) is 2.81. The minimum Gasteiger partial charge on any atom is -0.487 e. The molecule has 0 spiro atoms. The lowest BCUT2D eigenvalue weighted by Crippen LogP contribution is -2.25. The van der Waals surface area contributed by atoms with Crippen molar-refractivity contribution in [2.45, 2.75) is 20.0 Å². The first kappa shape index (κ1) is 18.2. The number of hydrogen-bond acceptors (Lipinski definition) is 5. The number of nitrogens with zero attached hydrogens (tertiary/aromatic N) is 2. The van der Waals surface area contributed by atoms with Crippen LogP contribution in [0, 0.1) is 6.92 Å². The number of benzene rings is 2. The number of aromatic amines is 1. The Kier molecular flexibility index (Phi) is 5.34. The van der Waals surface area contributed by atoms with Gasteiger partial charge in [0.25, 0.3) is 5.91 Å². The zero-order valence-electron chi connectivity index (χ0n) is 15.4. The zero-order valence-corrected chi connectivity index (χ0v) is 16.3. The van der Waals surface area contributed by atoms with Gasteiger partial charge in [-0.2, -0.15) is 8.75 Å². The van der Waals surface area contributed by atoms with E-state index in [9.17, 15) is 4.79 Å². The SMILES string of the molecule is Cc1nsnc1COc1cccc(C(=O)NCCc2c[nH]c3ccccc23)c1. The van der Waals surface area contributed by atoms with Crippen molar-refractivity contribution in [3.05, 3.63) is 77.2 Å². The Morgan fingerprint density at radius 3 is 2.93 bits per heavy atom. The van der Waals surface area contributed by atoms with Crippen LogP contribution in [0.4, 0.5) is 0 Å². The van der Waals surface area contributed by atoms with Crippen LogP contribution in [0.15, 0.2) is 54.7 Å². The standard InChI is InChI=1S/C21H20N4O2S/c1-14-20(25-28-24-14)13-27-17-6-4-5-15(11-17)21(26)22-10-9-16-12-23-19-8-3-2-7-18(16)19/h2-8,11-12,23H,9-10,13H2,1H3,(H,22,26). The second-order valence-corrected chi connectivity index (χ2v) is 7.01. The molecule has 0 aliphatic heterocycles. The summed E-state index contributed by atoms with van der Waals surface area (Å²) >= 11 is 1.17. The average molecular weight is 392 g/mol. The Bertz CT molecular complexity index is 1100. The van der Waals surface area contributed by atoms with Gasteiger partial charge in [0.15, 0.2) is 0 Å². The molecule has 0 radical (unpaired) electrons. The van der Waals surface area contributed by atoms with E-state index in [0.717, 1.165) is 23.3 Å². The molecule has 4 aromatic rings. The van der Waals surface area contributed by atoms with Crippen molar-refractivity contribution >= 4 is 28.5 Å². The first-order chi connectivity index (χ1) is 13.7. The molecule has 2 heterocycles. The fourth-order valence-corrected chi connectivity index (χ4v) is 3.56. The van der Waals surface area contributed by atoms with Gasteiger partial charge >= 0.3 is 0 Å². The highest BCUT2D eigenvalue weighted by Gasteiger charge is 2.09. The fourth-order valence-electron chi connectivity index (χ4n) is 3.01. The number of aromatic nitrogens is 3. The van der Waals surface area contributed by atoms with Crippen LogP contribution >= 0.6 is 11.7 Å². The maximum absolute atomic E-state index is 12.5.